The van der Waals surface area contributed by atoms with E-state index < -0.39 is 5.97 Å². The van der Waals surface area contributed by atoms with Crippen LogP contribution in [0.1, 0.15) is 23.2 Å². The first-order valence-electron chi connectivity index (χ1n) is 6.91. The lowest BCUT2D eigenvalue weighted by Gasteiger charge is -2.22. The van der Waals surface area contributed by atoms with E-state index in [1.54, 1.807) is 17.9 Å². The lowest BCUT2D eigenvalue weighted by Crippen LogP contribution is -2.22. The molecule has 0 unspecified atom stereocenters. The highest BCUT2D eigenvalue weighted by atomic mass is 16.5. The number of nitrogens with zero attached hydrogens (tertiary/aromatic N) is 3. The SMILES string of the molecule is Cn1ncc2c(OCC3CCOCC3)c(C(=O)O)cnc21. The number of aryl methyl sites for hydroxylation is 1. The smallest absolute Gasteiger partial charge is 0.341 e. The van der Waals surface area contributed by atoms with Crippen LogP contribution in [-0.4, -0.2) is 45.7 Å². The average Bonchev–Trinajstić information content (AvgIpc) is 2.87. The second kappa shape index (κ2) is 5.69. The molecule has 7 nitrogen and oxygen atoms in total. The zero-order chi connectivity index (χ0) is 14.8. The molecule has 0 amide bonds. The number of rotatable bonds is 4. The number of aromatic carboxylic acids is 1. The van der Waals surface area contributed by atoms with Gasteiger partial charge in [0.25, 0.3) is 0 Å². The van der Waals surface area contributed by atoms with Crippen LogP contribution in [-0.2, 0) is 11.8 Å². The fraction of sp³-hybridized carbons (Fsp3) is 0.500. The quantitative estimate of drug-likeness (QED) is 0.918. The predicted octanol–water partition coefficient (Wildman–Crippen LogP) is 1.47. The number of aromatic nitrogens is 3. The number of carboxylic acids is 1. The van der Waals surface area contributed by atoms with Crippen molar-refractivity contribution < 1.29 is 19.4 Å². The molecule has 1 saturated heterocycles. The maximum Gasteiger partial charge on any atom is 0.341 e. The van der Waals surface area contributed by atoms with Crippen molar-refractivity contribution in [2.45, 2.75) is 12.8 Å². The number of hydrogen-bond acceptors (Lipinski definition) is 5. The summed E-state index contributed by atoms with van der Waals surface area (Å²) in [6.07, 6.45) is 4.78. The summed E-state index contributed by atoms with van der Waals surface area (Å²) in [5.74, 6) is -0.303. The molecule has 1 aliphatic rings. The highest BCUT2D eigenvalue weighted by molar-refractivity contribution is 5.97. The third-order valence-electron chi connectivity index (χ3n) is 3.75. The van der Waals surface area contributed by atoms with Crippen molar-refractivity contribution in [3.05, 3.63) is 18.0 Å². The molecule has 3 rings (SSSR count). The highest BCUT2D eigenvalue weighted by Crippen LogP contribution is 2.29. The van der Waals surface area contributed by atoms with Gasteiger partial charge < -0.3 is 14.6 Å². The van der Waals surface area contributed by atoms with E-state index in [0.29, 0.717) is 29.3 Å². The number of carboxylic acid groups (broad SMARTS) is 1. The van der Waals surface area contributed by atoms with Crippen LogP contribution in [0.25, 0.3) is 11.0 Å². The van der Waals surface area contributed by atoms with E-state index >= 15 is 0 Å². The molecule has 0 saturated carbocycles. The van der Waals surface area contributed by atoms with Gasteiger partial charge in [-0.15, -0.1) is 0 Å². The standard InChI is InChI=1S/C14H17N3O4/c1-17-13-10(7-16-17)12(11(6-15-13)14(18)19)21-8-9-2-4-20-5-3-9/h6-7,9H,2-5,8H2,1H3,(H,18,19). The van der Waals surface area contributed by atoms with E-state index in [9.17, 15) is 9.90 Å². The number of pyridine rings is 1. The summed E-state index contributed by atoms with van der Waals surface area (Å²) in [6, 6.07) is 0. The summed E-state index contributed by atoms with van der Waals surface area (Å²) in [5, 5.41) is 14.0. The van der Waals surface area contributed by atoms with Crippen LogP contribution >= 0.6 is 0 Å². The first-order valence-corrected chi connectivity index (χ1v) is 6.91. The lowest BCUT2D eigenvalue weighted by atomic mass is 10.0. The van der Waals surface area contributed by atoms with E-state index in [1.165, 1.54) is 6.20 Å². The van der Waals surface area contributed by atoms with Crippen LogP contribution in [0.2, 0.25) is 0 Å². The van der Waals surface area contributed by atoms with E-state index in [1.807, 2.05) is 0 Å². The zero-order valence-corrected chi connectivity index (χ0v) is 11.8. The van der Waals surface area contributed by atoms with Gasteiger partial charge in [0.15, 0.2) is 5.65 Å². The second-order valence-electron chi connectivity index (χ2n) is 5.18. The van der Waals surface area contributed by atoms with Crippen LogP contribution < -0.4 is 4.74 Å². The fourth-order valence-electron chi connectivity index (χ4n) is 2.50. The van der Waals surface area contributed by atoms with Crippen LogP contribution in [0.4, 0.5) is 0 Å². The van der Waals surface area contributed by atoms with Gasteiger partial charge in [0.1, 0.15) is 11.3 Å². The highest BCUT2D eigenvalue weighted by Gasteiger charge is 2.21. The Hall–Kier alpha value is -2.15. The summed E-state index contributed by atoms with van der Waals surface area (Å²) in [4.78, 5) is 15.5. The van der Waals surface area contributed by atoms with Gasteiger partial charge in [-0.3, -0.25) is 4.68 Å². The van der Waals surface area contributed by atoms with Crippen LogP contribution in [0.3, 0.4) is 0 Å². The first kappa shape index (κ1) is 13.8. The van der Waals surface area contributed by atoms with Crippen molar-refractivity contribution >= 4 is 17.0 Å². The fourth-order valence-corrected chi connectivity index (χ4v) is 2.50. The molecular formula is C14H17N3O4. The first-order chi connectivity index (χ1) is 10.2. The summed E-state index contributed by atoms with van der Waals surface area (Å²) < 4.78 is 12.7. The molecule has 0 spiro atoms. The van der Waals surface area contributed by atoms with Gasteiger partial charge in [0, 0.05) is 26.5 Å². The normalized spacial score (nSPS) is 16.2. The minimum absolute atomic E-state index is 0.0718. The molecule has 0 aliphatic carbocycles. The molecule has 3 heterocycles. The lowest BCUT2D eigenvalue weighted by molar-refractivity contribution is 0.0492. The number of ether oxygens (including phenoxy) is 2. The van der Waals surface area contributed by atoms with Gasteiger partial charge in [-0.25, -0.2) is 9.78 Å². The monoisotopic (exact) mass is 291 g/mol. The Labute approximate surface area is 121 Å². The Morgan fingerprint density at radius 3 is 2.95 bits per heavy atom. The van der Waals surface area contributed by atoms with Crippen LogP contribution in [0.15, 0.2) is 12.4 Å². The van der Waals surface area contributed by atoms with Gasteiger partial charge in [-0.2, -0.15) is 5.10 Å². The van der Waals surface area contributed by atoms with Crippen molar-refractivity contribution in [1.82, 2.24) is 14.8 Å². The molecule has 1 fully saturated rings. The second-order valence-corrected chi connectivity index (χ2v) is 5.18. The molecule has 0 bridgehead atoms. The van der Waals surface area contributed by atoms with Gasteiger partial charge in [-0.1, -0.05) is 0 Å². The van der Waals surface area contributed by atoms with Crippen molar-refractivity contribution in [3.8, 4) is 5.75 Å². The number of carbonyl (C=O) groups is 1. The zero-order valence-electron chi connectivity index (χ0n) is 11.8. The third-order valence-corrected chi connectivity index (χ3v) is 3.75. The van der Waals surface area contributed by atoms with Crippen LogP contribution in [0, 0.1) is 5.92 Å². The van der Waals surface area contributed by atoms with E-state index in [4.69, 9.17) is 9.47 Å². The Morgan fingerprint density at radius 2 is 2.24 bits per heavy atom. The number of hydrogen-bond donors (Lipinski definition) is 1. The summed E-state index contributed by atoms with van der Waals surface area (Å²) in [7, 11) is 1.76. The predicted molar refractivity (Wildman–Crippen MR) is 74.5 cm³/mol. The van der Waals surface area contributed by atoms with E-state index in [0.717, 1.165) is 26.1 Å². The van der Waals surface area contributed by atoms with Crippen molar-refractivity contribution in [2.24, 2.45) is 13.0 Å². The molecule has 0 aromatic carbocycles. The summed E-state index contributed by atoms with van der Waals surface area (Å²) in [5.41, 5.74) is 0.685. The summed E-state index contributed by atoms with van der Waals surface area (Å²) in [6.45, 7) is 1.95. The topological polar surface area (TPSA) is 86.5 Å². The van der Waals surface area contributed by atoms with Crippen molar-refractivity contribution in [2.75, 3.05) is 19.8 Å². The number of fused-ring (bicyclic) bond motifs is 1. The van der Waals surface area contributed by atoms with Gasteiger partial charge in [0.05, 0.1) is 18.2 Å². The largest absolute Gasteiger partial charge is 0.491 e. The molecule has 112 valence electrons. The Balaban J connectivity index is 1.90. The van der Waals surface area contributed by atoms with E-state index in [2.05, 4.69) is 10.1 Å². The van der Waals surface area contributed by atoms with Crippen molar-refractivity contribution in [3.63, 3.8) is 0 Å². The maximum atomic E-state index is 11.4. The summed E-state index contributed by atoms with van der Waals surface area (Å²) >= 11 is 0. The third kappa shape index (κ3) is 2.69. The van der Waals surface area contributed by atoms with Crippen molar-refractivity contribution in [1.29, 1.82) is 0 Å². The molecule has 7 heteroatoms. The molecule has 1 aliphatic heterocycles. The van der Waals surface area contributed by atoms with Gasteiger partial charge >= 0.3 is 5.97 Å². The van der Waals surface area contributed by atoms with E-state index in [-0.39, 0.29) is 5.56 Å². The molecule has 21 heavy (non-hydrogen) atoms. The minimum atomic E-state index is -1.05. The minimum Gasteiger partial charge on any atom is -0.491 e. The average molecular weight is 291 g/mol. The Kier molecular flexibility index (Phi) is 3.74. The molecule has 0 atom stereocenters. The Bertz CT molecular complexity index is 662. The molecular weight excluding hydrogens is 274 g/mol. The molecule has 0 radical (unpaired) electrons. The van der Waals surface area contributed by atoms with Gasteiger partial charge in [-0.05, 0) is 18.8 Å². The van der Waals surface area contributed by atoms with Crippen LogP contribution in [0.5, 0.6) is 5.75 Å². The molecule has 2 aromatic rings. The Morgan fingerprint density at radius 1 is 1.48 bits per heavy atom. The maximum absolute atomic E-state index is 11.4. The molecule has 2 aromatic heterocycles. The molecule has 1 N–H and O–H groups in total. The van der Waals surface area contributed by atoms with Gasteiger partial charge in [0.2, 0.25) is 0 Å².